The van der Waals surface area contributed by atoms with E-state index in [1.807, 2.05) is 22.9 Å². The number of benzene rings is 1. The monoisotopic (exact) mass is 291 g/mol. The number of nitrogen functional groups attached to an aromatic ring is 1. The van der Waals surface area contributed by atoms with Gasteiger partial charge in [-0.25, -0.2) is 4.68 Å². The highest BCUT2D eigenvalue weighted by atomic mass is 79.9. The summed E-state index contributed by atoms with van der Waals surface area (Å²) in [6, 6.07) is 8.19. The van der Waals surface area contributed by atoms with Gasteiger partial charge in [-0.2, -0.15) is 5.10 Å². The molecule has 1 aromatic carbocycles. The number of aryl methyl sites for hydroxylation is 1. The molecule has 4 heteroatoms. The molecule has 0 fully saturated rings. The summed E-state index contributed by atoms with van der Waals surface area (Å²) < 4.78 is 3.03. The lowest BCUT2D eigenvalue weighted by Gasteiger charge is -2.07. The van der Waals surface area contributed by atoms with Crippen LogP contribution in [-0.4, -0.2) is 9.78 Å². The van der Waals surface area contributed by atoms with Crippen LogP contribution in [0.1, 0.15) is 23.2 Å². The Bertz CT molecular complexity index is 560. The predicted molar refractivity (Wildman–Crippen MR) is 71.9 cm³/mol. The maximum absolute atomic E-state index is 6.14. The van der Waals surface area contributed by atoms with Gasteiger partial charge in [0.05, 0.1) is 12.2 Å². The van der Waals surface area contributed by atoms with E-state index in [-0.39, 0.29) is 0 Å². The molecule has 3 rings (SSSR count). The van der Waals surface area contributed by atoms with Gasteiger partial charge in [-0.15, -0.1) is 0 Å². The molecular weight excluding hydrogens is 278 g/mol. The molecule has 17 heavy (non-hydrogen) atoms. The second-order valence-corrected chi connectivity index (χ2v) is 5.27. The zero-order valence-corrected chi connectivity index (χ0v) is 11.1. The number of nitrogens with two attached hydrogens (primary N) is 1. The summed E-state index contributed by atoms with van der Waals surface area (Å²) in [6.45, 7) is 0.736. The molecule has 1 aliphatic rings. The first-order valence-corrected chi connectivity index (χ1v) is 6.62. The summed E-state index contributed by atoms with van der Waals surface area (Å²) in [6.07, 6.45) is 3.34. The number of aromatic nitrogens is 2. The zero-order chi connectivity index (χ0) is 11.8. The van der Waals surface area contributed by atoms with Gasteiger partial charge in [0, 0.05) is 10.0 Å². The Kier molecular flexibility index (Phi) is 2.67. The minimum atomic E-state index is 0.736. The molecule has 2 aromatic rings. The Morgan fingerprint density at radius 1 is 1.29 bits per heavy atom. The van der Waals surface area contributed by atoms with E-state index in [0.717, 1.165) is 29.7 Å². The average Bonchev–Trinajstić information content (AvgIpc) is 2.87. The van der Waals surface area contributed by atoms with Gasteiger partial charge in [0.1, 0.15) is 5.82 Å². The summed E-state index contributed by atoms with van der Waals surface area (Å²) in [4.78, 5) is 0. The van der Waals surface area contributed by atoms with Crippen molar-refractivity contribution >= 4 is 21.7 Å². The van der Waals surface area contributed by atoms with Gasteiger partial charge in [-0.1, -0.05) is 34.1 Å². The van der Waals surface area contributed by atoms with E-state index in [4.69, 9.17) is 5.73 Å². The molecule has 0 bridgehead atoms. The molecule has 3 nitrogen and oxygen atoms in total. The molecular formula is C13H14BrN3. The molecule has 0 amide bonds. The molecule has 1 aliphatic carbocycles. The summed E-state index contributed by atoms with van der Waals surface area (Å²) in [5.74, 6) is 0.841. The molecule has 0 spiro atoms. The molecule has 88 valence electrons. The lowest BCUT2D eigenvalue weighted by Crippen LogP contribution is -2.07. The minimum Gasteiger partial charge on any atom is -0.384 e. The van der Waals surface area contributed by atoms with Crippen LogP contribution in [0.2, 0.25) is 0 Å². The lowest BCUT2D eigenvalue weighted by molar-refractivity contribution is 0.672. The Morgan fingerprint density at radius 2 is 2.12 bits per heavy atom. The molecule has 0 atom stereocenters. The normalized spacial score (nSPS) is 13.9. The van der Waals surface area contributed by atoms with Crippen LogP contribution in [-0.2, 0) is 19.4 Å². The Hall–Kier alpha value is -1.29. The summed E-state index contributed by atoms with van der Waals surface area (Å²) in [5, 5.41) is 4.60. The highest BCUT2D eigenvalue weighted by molar-refractivity contribution is 9.10. The predicted octanol–water partition coefficient (Wildman–Crippen LogP) is 2.76. The maximum Gasteiger partial charge on any atom is 0.125 e. The largest absolute Gasteiger partial charge is 0.384 e. The fraction of sp³-hybridized carbons (Fsp3) is 0.308. The van der Waals surface area contributed by atoms with Gasteiger partial charge in [-0.05, 0) is 30.9 Å². The van der Waals surface area contributed by atoms with E-state index in [2.05, 4.69) is 27.1 Å². The maximum atomic E-state index is 6.14. The number of rotatable bonds is 2. The van der Waals surface area contributed by atoms with Crippen molar-refractivity contribution in [2.24, 2.45) is 0 Å². The van der Waals surface area contributed by atoms with Crippen molar-refractivity contribution < 1.29 is 0 Å². The third-order valence-corrected chi connectivity index (χ3v) is 4.07. The number of fused-ring (bicyclic) bond motifs is 1. The molecule has 2 N–H and O–H groups in total. The molecule has 0 aliphatic heterocycles. The first-order valence-electron chi connectivity index (χ1n) is 5.83. The molecule has 0 saturated carbocycles. The van der Waals surface area contributed by atoms with Gasteiger partial charge in [0.15, 0.2) is 0 Å². The third-order valence-electron chi connectivity index (χ3n) is 3.30. The second-order valence-electron chi connectivity index (χ2n) is 4.41. The fourth-order valence-electron chi connectivity index (χ4n) is 2.38. The zero-order valence-electron chi connectivity index (χ0n) is 9.49. The van der Waals surface area contributed by atoms with Crippen LogP contribution >= 0.6 is 15.9 Å². The summed E-state index contributed by atoms with van der Waals surface area (Å²) >= 11 is 3.55. The van der Waals surface area contributed by atoms with Gasteiger partial charge >= 0.3 is 0 Å². The molecule has 1 heterocycles. The van der Waals surface area contributed by atoms with Gasteiger partial charge in [0.2, 0.25) is 0 Å². The highest BCUT2D eigenvalue weighted by Gasteiger charge is 2.20. The van der Waals surface area contributed by atoms with Crippen LogP contribution < -0.4 is 5.73 Å². The highest BCUT2D eigenvalue weighted by Crippen LogP contribution is 2.27. The molecule has 0 saturated heterocycles. The topological polar surface area (TPSA) is 43.8 Å². The van der Waals surface area contributed by atoms with Crippen LogP contribution in [0.15, 0.2) is 28.7 Å². The fourth-order valence-corrected chi connectivity index (χ4v) is 2.79. The molecule has 1 aromatic heterocycles. The minimum absolute atomic E-state index is 0.736. The smallest absolute Gasteiger partial charge is 0.125 e. The van der Waals surface area contributed by atoms with Crippen molar-refractivity contribution in [1.82, 2.24) is 9.78 Å². The molecule has 0 unspecified atom stereocenters. The van der Waals surface area contributed by atoms with E-state index < -0.39 is 0 Å². The van der Waals surface area contributed by atoms with Gasteiger partial charge in [0.25, 0.3) is 0 Å². The number of nitrogens with zero attached hydrogens (tertiary/aromatic N) is 2. The first-order chi connectivity index (χ1) is 8.25. The van der Waals surface area contributed by atoms with Gasteiger partial charge in [-0.3, -0.25) is 0 Å². The van der Waals surface area contributed by atoms with Crippen molar-refractivity contribution in [1.29, 1.82) is 0 Å². The van der Waals surface area contributed by atoms with Crippen LogP contribution in [0.3, 0.4) is 0 Å². The van der Waals surface area contributed by atoms with Crippen LogP contribution in [0.4, 0.5) is 5.82 Å². The van der Waals surface area contributed by atoms with Crippen LogP contribution in [0, 0.1) is 0 Å². The average molecular weight is 292 g/mol. The first kappa shape index (κ1) is 10.8. The Balaban J connectivity index is 1.94. The van der Waals surface area contributed by atoms with Crippen molar-refractivity contribution in [3.63, 3.8) is 0 Å². The SMILES string of the molecule is Nc1c2c(nn1Cc1ccccc1Br)CCC2. The third kappa shape index (κ3) is 1.86. The summed E-state index contributed by atoms with van der Waals surface area (Å²) in [5.41, 5.74) is 9.80. The number of hydrogen-bond donors (Lipinski definition) is 1. The Labute approximate surface area is 109 Å². The Morgan fingerprint density at radius 3 is 2.88 bits per heavy atom. The van der Waals surface area contributed by atoms with E-state index >= 15 is 0 Å². The van der Waals surface area contributed by atoms with Crippen molar-refractivity contribution in [3.8, 4) is 0 Å². The quantitative estimate of drug-likeness (QED) is 0.925. The van der Waals surface area contributed by atoms with Crippen molar-refractivity contribution in [2.75, 3.05) is 5.73 Å². The van der Waals surface area contributed by atoms with Crippen molar-refractivity contribution in [2.45, 2.75) is 25.8 Å². The van der Waals surface area contributed by atoms with Crippen LogP contribution in [0.25, 0.3) is 0 Å². The van der Waals surface area contributed by atoms with E-state index in [1.54, 1.807) is 0 Å². The van der Waals surface area contributed by atoms with E-state index in [9.17, 15) is 0 Å². The number of halogens is 1. The summed E-state index contributed by atoms with van der Waals surface area (Å²) in [7, 11) is 0. The van der Waals surface area contributed by atoms with Crippen molar-refractivity contribution in [3.05, 3.63) is 45.6 Å². The molecule has 0 radical (unpaired) electrons. The standard InChI is InChI=1S/C13H14BrN3/c14-11-6-2-1-4-9(11)8-17-13(15)10-5-3-7-12(10)16-17/h1-2,4,6H,3,5,7-8,15H2. The lowest BCUT2D eigenvalue weighted by atomic mass is 10.2. The van der Waals surface area contributed by atoms with Crippen LogP contribution in [0.5, 0.6) is 0 Å². The second kappa shape index (κ2) is 4.18. The number of anilines is 1. The number of hydrogen-bond acceptors (Lipinski definition) is 2. The van der Waals surface area contributed by atoms with Gasteiger partial charge < -0.3 is 5.73 Å². The van der Waals surface area contributed by atoms with E-state index in [0.29, 0.717) is 0 Å². The van der Waals surface area contributed by atoms with E-state index in [1.165, 1.54) is 23.2 Å².